The molecule has 0 atom stereocenters. The maximum absolute atomic E-state index is 12.5. The summed E-state index contributed by atoms with van der Waals surface area (Å²) in [4.78, 5) is 25.0. The normalized spacial score (nSPS) is 10.2. The van der Waals surface area contributed by atoms with Crippen molar-refractivity contribution in [1.29, 1.82) is 0 Å². The average Bonchev–Trinajstić information content (AvgIpc) is 2.75. The van der Waals surface area contributed by atoms with E-state index in [-0.39, 0.29) is 11.8 Å². The lowest BCUT2D eigenvalue weighted by molar-refractivity contribution is 0.102. The molecule has 0 saturated carbocycles. The highest BCUT2D eigenvalue weighted by Crippen LogP contribution is 2.17. The van der Waals surface area contributed by atoms with Crippen molar-refractivity contribution < 1.29 is 14.3 Å². The molecule has 5 heteroatoms. The molecule has 3 aromatic rings. The minimum absolute atomic E-state index is 0.261. The Balaban J connectivity index is 1.69. The largest absolute Gasteiger partial charge is 0.497 e. The highest BCUT2D eigenvalue weighted by Gasteiger charge is 2.11. The third-order valence-corrected chi connectivity index (χ3v) is 4.35. The van der Waals surface area contributed by atoms with Gasteiger partial charge in [-0.2, -0.15) is 0 Å². The summed E-state index contributed by atoms with van der Waals surface area (Å²) in [6.07, 6.45) is 0.944. The Morgan fingerprint density at radius 3 is 1.75 bits per heavy atom. The number of carbonyl (C=O) groups excluding carboxylic acids is 2. The molecule has 28 heavy (non-hydrogen) atoms. The van der Waals surface area contributed by atoms with Gasteiger partial charge in [-0.3, -0.25) is 9.59 Å². The number of amides is 2. The number of carbonyl (C=O) groups is 2. The third-order valence-electron chi connectivity index (χ3n) is 4.35. The van der Waals surface area contributed by atoms with E-state index in [4.69, 9.17) is 4.74 Å². The van der Waals surface area contributed by atoms with Gasteiger partial charge in [0.05, 0.1) is 7.11 Å². The number of anilines is 2. The summed E-state index contributed by atoms with van der Waals surface area (Å²) in [7, 11) is 1.59. The fraction of sp³-hybridized carbons (Fsp3) is 0.130. The van der Waals surface area contributed by atoms with Gasteiger partial charge in [0.2, 0.25) is 0 Å². The second kappa shape index (κ2) is 8.86. The second-order valence-corrected chi connectivity index (χ2v) is 6.27. The molecule has 2 amide bonds. The lowest BCUT2D eigenvalue weighted by atomic mass is 10.1. The quantitative estimate of drug-likeness (QED) is 0.653. The number of methoxy groups -OCH3 is 1. The molecule has 0 fully saturated rings. The lowest BCUT2D eigenvalue weighted by Gasteiger charge is -2.09. The monoisotopic (exact) mass is 374 g/mol. The fourth-order valence-electron chi connectivity index (χ4n) is 2.71. The summed E-state index contributed by atoms with van der Waals surface area (Å²) < 4.78 is 5.11. The molecule has 0 unspecified atom stereocenters. The van der Waals surface area contributed by atoms with Crippen LogP contribution in [0.15, 0.2) is 72.8 Å². The van der Waals surface area contributed by atoms with E-state index in [1.807, 2.05) is 24.3 Å². The van der Waals surface area contributed by atoms with Crippen LogP contribution in [-0.4, -0.2) is 18.9 Å². The first-order valence-corrected chi connectivity index (χ1v) is 9.05. The van der Waals surface area contributed by atoms with Gasteiger partial charge in [0.15, 0.2) is 0 Å². The van der Waals surface area contributed by atoms with Gasteiger partial charge >= 0.3 is 0 Å². The molecule has 0 spiro atoms. The van der Waals surface area contributed by atoms with Crippen LogP contribution < -0.4 is 15.4 Å². The predicted molar refractivity (Wildman–Crippen MR) is 111 cm³/mol. The van der Waals surface area contributed by atoms with Crippen molar-refractivity contribution in [3.8, 4) is 5.75 Å². The van der Waals surface area contributed by atoms with E-state index < -0.39 is 0 Å². The molecule has 2 N–H and O–H groups in total. The number of nitrogens with one attached hydrogen (secondary N) is 2. The van der Waals surface area contributed by atoms with E-state index in [2.05, 4.69) is 17.6 Å². The smallest absolute Gasteiger partial charge is 0.255 e. The number of rotatable bonds is 6. The zero-order valence-electron chi connectivity index (χ0n) is 15.9. The number of hydrogen-bond acceptors (Lipinski definition) is 3. The van der Waals surface area contributed by atoms with Gasteiger partial charge < -0.3 is 15.4 Å². The number of benzene rings is 3. The van der Waals surface area contributed by atoms with Gasteiger partial charge in [0.25, 0.3) is 11.8 Å². The molecule has 0 aliphatic carbocycles. The molecular formula is C23H22N2O3. The van der Waals surface area contributed by atoms with Gasteiger partial charge in [-0.25, -0.2) is 0 Å². The molecule has 0 aromatic heterocycles. The highest BCUT2D eigenvalue weighted by atomic mass is 16.5. The molecule has 3 aromatic carbocycles. The van der Waals surface area contributed by atoms with E-state index in [1.54, 1.807) is 55.6 Å². The van der Waals surface area contributed by atoms with Gasteiger partial charge in [-0.05, 0) is 66.6 Å². The molecule has 5 nitrogen and oxygen atoms in total. The van der Waals surface area contributed by atoms with Crippen LogP contribution in [0.3, 0.4) is 0 Å². The maximum atomic E-state index is 12.5. The number of aryl methyl sites for hydroxylation is 1. The first-order valence-electron chi connectivity index (χ1n) is 9.05. The van der Waals surface area contributed by atoms with Crippen LogP contribution in [0.4, 0.5) is 11.4 Å². The first-order chi connectivity index (χ1) is 13.6. The van der Waals surface area contributed by atoms with Crippen molar-refractivity contribution in [3.63, 3.8) is 0 Å². The van der Waals surface area contributed by atoms with Gasteiger partial charge in [0, 0.05) is 22.5 Å². The summed E-state index contributed by atoms with van der Waals surface area (Å²) in [5.41, 5.74) is 3.40. The molecule has 0 aliphatic heterocycles. The van der Waals surface area contributed by atoms with Crippen molar-refractivity contribution in [1.82, 2.24) is 0 Å². The van der Waals surface area contributed by atoms with E-state index in [1.165, 1.54) is 5.56 Å². The Kier molecular flexibility index (Phi) is 6.07. The molecule has 0 bridgehead atoms. The Morgan fingerprint density at radius 1 is 0.786 bits per heavy atom. The zero-order valence-corrected chi connectivity index (χ0v) is 15.9. The van der Waals surface area contributed by atoms with Gasteiger partial charge in [-0.15, -0.1) is 0 Å². The fourth-order valence-corrected chi connectivity index (χ4v) is 2.71. The Labute approximate surface area is 164 Å². The highest BCUT2D eigenvalue weighted by molar-refractivity contribution is 6.08. The van der Waals surface area contributed by atoms with Crippen LogP contribution in [0, 0.1) is 0 Å². The molecule has 3 rings (SSSR count). The van der Waals surface area contributed by atoms with E-state index >= 15 is 0 Å². The van der Waals surface area contributed by atoms with Crippen LogP contribution in [-0.2, 0) is 6.42 Å². The molecular weight excluding hydrogens is 352 g/mol. The third kappa shape index (κ3) is 4.76. The van der Waals surface area contributed by atoms with Crippen molar-refractivity contribution in [2.45, 2.75) is 13.3 Å². The summed E-state index contributed by atoms with van der Waals surface area (Å²) in [5.74, 6) is 0.166. The second-order valence-electron chi connectivity index (χ2n) is 6.27. The summed E-state index contributed by atoms with van der Waals surface area (Å²) in [6, 6.07) is 21.4. The van der Waals surface area contributed by atoms with Crippen molar-refractivity contribution in [2.24, 2.45) is 0 Å². The number of hydrogen-bond donors (Lipinski definition) is 2. The minimum atomic E-state index is -0.285. The standard InChI is InChI=1S/C23H22N2O3/c1-3-16-7-9-19(10-8-16)24-22(26)17-5-4-6-18(15-17)23(27)25-20-11-13-21(28-2)14-12-20/h4-15H,3H2,1-2H3,(H,24,26)(H,25,27). The zero-order chi connectivity index (χ0) is 19.9. The van der Waals surface area contributed by atoms with E-state index in [0.717, 1.165) is 12.1 Å². The van der Waals surface area contributed by atoms with Crippen LogP contribution in [0.2, 0.25) is 0 Å². The lowest BCUT2D eigenvalue weighted by Crippen LogP contribution is -2.15. The van der Waals surface area contributed by atoms with Crippen LogP contribution in [0.25, 0.3) is 0 Å². The molecule has 0 radical (unpaired) electrons. The maximum Gasteiger partial charge on any atom is 0.255 e. The molecule has 142 valence electrons. The van der Waals surface area contributed by atoms with Crippen LogP contribution in [0.5, 0.6) is 5.75 Å². The van der Waals surface area contributed by atoms with Crippen molar-refractivity contribution >= 4 is 23.2 Å². The Bertz CT molecular complexity index is 887. The van der Waals surface area contributed by atoms with Crippen LogP contribution in [0.1, 0.15) is 33.2 Å². The minimum Gasteiger partial charge on any atom is -0.497 e. The molecule has 0 saturated heterocycles. The average molecular weight is 374 g/mol. The van der Waals surface area contributed by atoms with Crippen molar-refractivity contribution in [2.75, 3.05) is 17.7 Å². The van der Waals surface area contributed by atoms with Crippen LogP contribution >= 0.6 is 0 Å². The first kappa shape index (κ1) is 19.2. The van der Waals surface area contributed by atoms with E-state index in [9.17, 15) is 9.59 Å². The summed E-state index contributed by atoms with van der Waals surface area (Å²) in [6.45, 7) is 2.08. The summed E-state index contributed by atoms with van der Waals surface area (Å²) >= 11 is 0. The van der Waals surface area contributed by atoms with Gasteiger partial charge in [0.1, 0.15) is 5.75 Å². The SMILES string of the molecule is CCc1ccc(NC(=O)c2cccc(C(=O)Nc3ccc(OC)cc3)c2)cc1. The Hall–Kier alpha value is -3.60. The summed E-state index contributed by atoms with van der Waals surface area (Å²) in [5, 5.41) is 5.67. The van der Waals surface area contributed by atoms with Gasteiger partial charge in [-0.1, -0.05) is 25.1 Å². The topological polar surface area (TPSA) is 67.4 Å². The van der Waals surface area contributed by atoms with E-state index in [0.29, 0.717) is 22.6 Å². The predicted octanol–water partition coefficient (Wildman–Crippen LogP) is 4.76. The Morgan fingerprint density at radius 2 is 1.29 bits per heavy atom. The molecule has 0 heterocycles. The number of ether oxygens (including phenoxy) is 1. The van der Waals surface area contributed by atoms with Crippen molar-refractivity contribution in [3.05, 3.63) is 89.5 Å². The molecule has 0 aliphatic rings.